The van der Waals surface area contributed by atoms with Gasteiger partial charge in [0.15, 0.2) is 0 Å². The van der Waals surface area contributed by atoms with E-state index in [1.54, 1.807) is 25.3 Å². The molecule has 78 valence electrons. The first-order valence-electron chi connectivity index (χ1n) is 4.21. The highest BCUT2D eigenvalue weighted by Gasteiger charge is 2.21. The van der Waals surface area contributed by atoms with Crippen molar-refractivity contribution in [3.63, 3.8) is 0 Å². The molecule has 1 rings (SSSR count). The van der Waals surface area contributed by atoms with E-state index in [1.807, 2.05) is 0 Å². The minimum atomic E-state index is -0.745. The molecular formula is C9H13ClN2O2. The Balaban J connectivity index is 2.77. The first kappa shape index (κ1) is 11.2. The molecule has 0 saturated heterocycles. The summed E-state index contributed by atoms with van der Waals surface area (Å²) in [5, 5.41) is 21.4. The van der Waals surface area contributed by atoms with Gasteiger partial charge in [0, 0.05) is 11.9 Å². The van der Waals surface area contributed by atoms with E-state index in [4.69, 9.17) is 21.8 Å². The van der Waals surface area contributed by atoms with Crippen LogP contribution in [0, 0.1) is 0 Å². The maximum Gasteiger partial charge on any atom is 0.131 e. The van der Waals surface area contributed by atoms with Gasteiger partial charge < -0.3 is 15.5 Å². The molecule has 0 bridgehead atoms. The quantitative estimate of drug-likeness (QED) is 0.654. The number of aliphatic hydroxyl groups excluding tert-OH is 2. The molecule has 0 spiro atoms. The van der Waals surface area contributed by atoms with Gasteiger partial charge in [-0.25, -0.2) is 4.98 Å². The predicted molar refractivity (Wildman–Crippen MR) is 55.4 cm³/mol. The molecule has 0 fully saturated rings. The third-order valence-electron chi connectivity index (χ3n) is 1.87. The molecule has 0 saturated carbocycles. The molecule has 0 aliphatic carbocycles. The van der Waals surface area contributed by atoms with E-state index in [0.29, 0.717) is 5.15 Å². The molecule has 4 nitrogen and oxygen atoms in total. The number of rotatable bonds is 4. The number of hydrogen-bond donors (Lipinski definition) is 3. The Morgan fingerprint density at radius 2 is 2.14 bits per heavy atom. The second kappa shape index (κ2) is 4.59. The summed E-state index contributed by atoms with van der Waals surface area (Å²) in [6, 6.07) is 3.35. The smallest absolute Gasteiger partial charge is 0.131 e. The lowest BCUT2D eigenvalue weighted by Crippen LogP contribution is -2.42. The molecule has 3 N–H and O–H groups in total. The molecule has 0 aromatic carbocycles. The molecule has 14 heavy (non-hydrogen) atoms. The minimum absolute atomic E-state index is 0.163. The van der Waals surface area contributed by atoms with Crippen molar-refractivity contribution >= 4 is 17.3 Å². The predicted octanol–water partition coefficient (Wildman–Crippen LogP) is 0.890. The van der Waals surface area contributed by atoms with E-state index in [0.717, 1.165) is 5.69 Å². The number of aliphatic hydroxyl groups is 2. The molecule has 0 amide bonds. The van der Waals surface area contributed by atoms with Gasteiger partial charge >= 0.3 is 0 Å². The van der Waals surface area contributed by atoms with Gasteiger partial charge in [0.05, 0.1) is 18.8 Å². The number of halogens is 1. The van der Waals surface area contributed by atoms with Gasteiger partial charge in [-0.1, -0.05) is 11.6 Å². The van der Waals surface area contributed by atoms with Crippen LogP contribution in [0.15, 0.2) is 18.3 Å². The van der Waals surface area contributed by atoms with Gasteiger partial charge in [-0.15, -0.1) is 0 Å². The highest BCUT2D eigenvalue weighted by atomic mass is 35.5. The molecule has 0 aliphatic rings. The van der Waals surface area contributed by atoms with E-state index in [2.05, 4.69) is 10.3 Å². The lowest BCUT2D eigenvalue weighted by Gasteiger charge is -2.27. The summed E-state index contributed by atoms with van der Waals surface area (Å²) in [7, 11) is 0. The summed E-state index contributed by atoms with van der Waals surface area (Å²) in [5.41, 5.74) is -0.0272. The van der Waals surface area contributed by atoms with E-state index < -0.39 is 5.54 Å². The Hall–Kier alpha value is -0.840. The summed E-state index contributed by atoms with van der Waals surface area (Å²) in [4.78, 5) is 3.82. The lowest BCUT2D eigenvalue weighted by molar-refractivity contribution is 0.147. The van der Waals surface area contributed by atoms with Crippen molar-refractivity contribution in [1.82, 2.24) is 4.98 Å². The van der Waals surface area contributed by atoms with Crippen molar-refractivity contribution in [1.29, 1.82) is 0 Å². The largest absolute Gasteiger partial charge is 0.394 e. The molecular weight excluding hydrogens is 204 g/mol. The molecule has 1 heterocycles. The minimum Gasteiger partial charge on any atom is -0.394 e. The van der Waals surface area contributed by atoms with E-state index in [-0.39, 0.29) is 13.2 Å². The van der Waals surface area contributed by atoms with Gasteiger partial charge in [-0.3, -0.25) is 0 Å². The maximum atomic E-state index is 9.04. The van der Waals surface area contributed by atoms with Crippen LogP contribution in [0.25, 0.3) is 0 Å². The van der Waals surface area contributed by atoms with Gasteiger partial charge in [-0.05, 0) is 19.1 Å². The van der Waals surface area contributed by atoms with Crippen molar-refractivity contribution < 1.29 is 10.2 Å². The SMILES string of the molecule is CC(CO)(CO)Nc1ccnc(Cl)c1. The summed E-state index contributed by atoms with van der Waals surface area (Å²) in [6.07, 6.45) is 1.56. The van der Waals surface area contributed by atoms with Crippen LogP contribution in [0.2, 0.25) is 5.15 Å². The first-order chi connectivity index (χ1) is 6.59. The third-order valence-corrected chi connectivity index (χ3v) is 2.08. The highest BCUT2D eigenvalue weighted by molar-refractivity contribution is 6.29. The highest BCUT2D eigenvalue weighted by Crippen LogP contribution is 2.17. The topological polar surface area (TPSA) is 65.4 Å². The second-order valence-corrected chi connectivity index (χ2v) is 3.76. The van der Waals surface area contributed by atoms with Gasteiger partial charge in [0.2, 0.25) is 0 Å². The molecule has 0 unspecified atom stereocenters. The van der Waals surface area contributed by atoms with E-state index >= 15 is 0 Å². The summed E-state index contributed by atoms with van der Waals surface area (Å²) < 4.78 is 0. The fraction of sp³-hybridized carbons (Fsp3) is 0.444. The van der Waals surface area contributed by atoms with Crippen LogP contribution in [0.3, 0.4) is 0 Å². The zero-order valence-electron chi connectivity index (χ0n) is 7.87. The van der Waals surface area contributed by atoms with E-state index in [1.165, 1.54) is 0 Å². The van der Waals surface area contributed by atoms with Crippen LogP contribution in [0.4, 0.5) is 5.69 Å². The van der Waals surface area contributed by atoms with Gasteiger partial charge in [0.1, 0.15) is 5.15 Å². The Morgan fingerprint density at radius 3 is 2.64 bits per heavy atom. The zero-order chi connectivity index (χ0) is 10.6. The van der Waals surface area contributed by atoms with E-state index in [9.17, 15) is 0 Å². The summed E-state index contributed by atoms with van der Waals surface area (Å²) in [6.45, 7) is 1.38. The van der Waals surface area contributed by atoms with Crippen molar-refractivity contribution in [3.8, 4) is 0 Å². The molecule has 5 heteroatoms. The Morgan fingerprint density at radius 1 is 1.50 bits per heavy atom. The number of nitrogens with one attached hydrogen (secondary N) is 1. The fourth-order valence-electron chi connectivity index (χ4n) is 0.958. The van der Waals surface area contributed by atoms with Crippen molar-refractivity contribution in [2.75, 3.05) is 18.5 Å². The average molecular weight is 217 g/mol. The van der Waals surface area contributed by atoms with Crippen molar-refractivity contribution in [2.45, 2.75) is 12.5 Å². The number of anilines is 1. The lowest BCUT2D eigenvalue weighted by atomic mass is 10.1. The third kappa shape index (κ3) is 2.83. The molecule has 1 aromatic rings. The van der Waals surface area contributed by atoms with Crippen LogP contribution in [-0.2, 0) is 0 Å². The monoisotopic (exact) mass is 216 g/mol. The molecule has 0 aliphatic heterocycles. The number of pyridine rings is 1. The van der Waals surface area contributed by atoms with Crippen LogP contribution in [0.5, 0.6) is 0 Å². The van der Waals surface area contributed by atoms with Crippen molar-refractivity contribution in [3.05, 3.63) is 23.5 Å². The van der Waals surface area contributed by atoms with Crippen LogP contribution >= 0.6 is 11.6 Å². The number of nitrogens with zero attached hydrogens (tertiary/aromatic N) is 1. The average Bonchev–Trinajstić information content (AvgIpc) is 2.18. The van der Waals surface area contributed by atoms with Crippen LogP contribution in [0.1, 0.15) is 6.92 Å². The summed E-state index contributed by atoms with van der Waals surface area (Å²) in [5.74, 6) is 0. The van der Waals surface area contributed by atoms with Crippen LogP contribution < -0.4 is 5.32 Å². The Bertz CT molecular complexity index is 303. The fourth-order valence-corrected chi connectivity index (χ4v) is 1.13. The van der Waals surface area contributed by atoms with Gasteiger partial charge in [0.25, 0.3) is 0 Å². The number of aromatic nitrogens is 1. The Kier molecular flexibility index (Phi) is 3.69. The second-order valence-electron chi connectivity index (χ2n) is 3.37. The standard InChI is InChI=1S/C9H13ClN2O2/c1-9(5-13,6-14)12-7-2-3-11-8(10)4-7/h2-4,13-14H,5-6H2,1H3,(H,11,12). The normalized spacial score (nSPS) is 11.4. The first-order valence-corrected chi connectivity index (χ1v) is 4.59. The molecule has 1 aromatic heterocycles. The Labute approximate surface area is 87.6 Å². The molecule has 0 radical (unpaired) electrons. The van der Waals surface area contributed by atoms with Crippen molar-refractivity contribution in [2.24, 2.45) is 0 Å². The van der Waals surface area contributed by atoms with Crippen LogP contribution in [-0.4, -0.2) is 33.9 Å². The maximum absolute atomic E-state index is 9.04. The zero-order valence-corrected chi connectivity index (χ0v) is 8.62. The summed E-state index contributed by atoms with van der Waals surface area (Å²) >= 11 is 5.68. The molecule has 0 atom stereocenters. The van der Waals surface area contributed by atoms with Gasteiger partial charge in [-0.2, -0.15) is 0 Å². The number of hydrogen-bond acceptors (Lipinski definition) is 4.